The predicted octanol–water partition coefficient (Wildman–Crippen LogP) is 4.23. The SMILES string of the molecule is O=C(NCCC(c1ccccc1)c1ccccc1)c1ccco1. The summed E-state index contributed by atoms with van der Waals surface area (Å²) in [7, 11) is 0. The van der Waals surface area contributed by atoms with Crippen LogP contribution in [0, 0.1) is 0 Å². The first-order valence-corrected chi connectivity index (χ1v) is 7.76. The van der Waals surface area contributed by atoms with E-state index in [-0.39, 0.29) is 11.8 Å². The molecule has 1 heterocycles. The minimum Gasteiger partial charge on any atom is -0.459 e. The van der Waals surface area contributed by atoms with Crippen LogP contribution in [0.4, 0.5) is 0 Å². The van der Waals surface area contributed by atoms with Crippen LogP contribution < -0.4 is 5.32 Å². The van der Waals surface area contributed by atoms with E-state index in [9.17, 15) is 4.79 Å². The van der Waals surface area contributed by atoms with Gasteiger partial charge in [0.25, 0.3) is 5.91 Å². The standard InChI is InChI=1S/C20H19NO2/c22-20(19-12-7-15-23-19)21-14-13-18(16-8-3-1-4-9-16)17-10-5-2-6-11-17/h1-12,15,18H,13-14H2,(H,21,22). The van der Waals surface area contributed by atoms with Crippen molar-refractivity contribution in [1.29, 1.82) is 0 Å². The molecule has 3 rings (SSSR count). The normalized spacial score (nSPS) is 10.7. The number of rotatable bonds is 6. The van der Waals surface area contributed by atoms with E-state index < -0.39 is 0 Å². The largest absolute Gasteiger partial charge is 0.459 e. The highest BCUT2D eigenvalue weighted by atomic mass is 16.3. The number of amides is 1. The van der Waals surface area contributed by atoms with Gasteiger partial charge in [-0.2, -0.15) is 0 Å². The third-order valence-electron chi connectivity index (χ3n) is 3.87. The number of hydrogen-bond donors (Lipinski definition) is 1. The minimum atomic E-state index is -0.171. The molecule has 0 saturated carbocycles. The number of hydrogen-bond acceptors (Lipinski definition) is 2. The second kappa shape index (κ2) is 7.45. The van der Waals surface area contributed by atoms with Crippen molar-refractivity contribution in [1.82, 2.24) is 5.32 Å². The van der Waals surface area contributed by atoms with Gasteiger partial charge in [0.15, 0.2) is 5.76 Å². The van der Waals surface area contributed by atoms with Crippen LogP contribution in [-0.2, 0) is 0 Å². The van der Waals surface area contributed by atoms with Crippen LogP contribution in [0.3, 0.4) is 0 Å². The van der Waals surface area contributed by atoms with E-state index in [1.165, 1.54) is 17.4 Å². The van der Waals surface area contributed by atoms with Crippen LogP contribution >= 0.6 is 0 Å². The smallest absolute Gasteiger partial charge is 0.286 e. The van der Waals surface area contributed by atoms with Crippen LogP contribution in [0.2, 0.25) is 0 Å². The van der Waals surface area contributed by atoms with Crippen molar-refractivity contribution in [3.63, 3.8) is 0 Å². The fourth-order valence-electron chi connectivity index (χ4n) is 2.72. The fourth-order valence-corrected chi connectivity index (χ4v) is 2.72. The first-order chi connectivity index (χ1) is 11.3. The summed E-state index contributed by atoms with van der Waals surface area (Å²) >= 11 is 0. The Hall–Kier alpha value is -2.81. The second-order valence-electron chi connectivity index (χ2n) is 5.40. The lowest BCUT2D eigenvalue weighted by Crippen LogP contribution is -2.25. The highest BCUT2D eigenvalue weighted by molar-refractivity contribution is 5.91. The average molecular weight is 305 g/mol. The van der Waals surface area contributed by atoms with Gasteiger partial charge in [-0.05, 0) is 29.7 Å². The lowest BCUT2D eigenvalue weighted by molar-refractivity contribution is 0.0925. The second-order valence-corrected chi connectivity index (χ2v) is 5.40. The summed E-state index contributed by atoms with van der Waals surface area (Å²) in [5.41, 5.74) is 2.51. The summed E-state index contributed by atoms with van der Waals surface area (Å²) in [6.45, 7) is 0.591. The van der Waals surface area contributed by atoms with Gasteiger partial charge in [-0.15, -0.1) is 0 Å². The van der Waals surface area contributed by atoms with Gasteiger partial charge in [0, 0.05) is 12.5 Å². The maximum Gasteiger partial charge on any atom is 0.286 e. The molecule has 0 bridgehead atoms. The van der Waals surface area contributed by atoms with Gasteiger partial charge < -0.3 is 9.73 Å². The van der Waals surface area contributed by atoms with Crippen molar-refractivity contribution in [3.8, 4) is 0 Å². The van der Waals surface area contributed by atoms with Crippen molar-refractivity contribution in [3.05, 3.63) is 95.9 Å². The Bertz CT molecular complexity index is 681. The van der Waals surface area contributed by atoms with Crippen LogP contribution in [0.15, 0.2) is 83.5 Å². The minimum absolute atomic E-state index is 0.171. The molecule has 1 N–H and O–H groups in total. The molecule has 2 aromatic carbocycles. The Balaban J connectivity index is 1.69. The lowest BCUT2D eigenvalue weighted by atomic mass is 9.88. The average Bonchev–Trinajstić information content (AvgIpc) is 3.15. The van der Waals surface area contributed by atoms with Gasteiger partial charge in [-0.25, -0.2) is 0 Å². The molecule has 0 aliphatic carbocycles. The summed E-state index contributed by atoms with van der Waals surface area (Å²) in [6.07, 6.45) is 2.34. The monoisotopic (exact) mass is 305 g/mol. The van der Waals surface area contributed by atoms with Gasteiger partial charge in [-0.3, -0.25) is 4.79 Å². The summed E-state index contributed by atoms with van der Waals surface area (Å²) in [5, 5.41) is 2.92. The number of nitrogens with one attached hydrogen (secondary N) is 1. The van der Waals surface area contributed by atoms with E-state index in [2.05, 4.69) is 29.6 Å². The quantitative estimate of drug-likeness (QED) is 0.740. The van der Waals surface area contributed by atoms with Crippen molar-refractivity contribution in [2.75, 3.05) is 6.54 Å². The van der Waals surface area contributed by atoms with E-state index in [4.69, 9.17) is 4.42 Å². The molecule has 116 valence electrons. The molecule has 23 heavy (non-hydrogen) atoms. The third kappa shape index (κ3) is 3.89. The molecule has 0 aliphatic rings. The highest BCUT2D eigenvalue weighted by Crippen LogP contribution is 2.27. The summed E-state index contributed by atoms with van der Waals surface area (Å²) in [5.74, 6) is 0.435. The topological polar surface area (TPSA) is 42.2 Å². The zero-order chi connectivity index (χ0) is 15.9. The van der Waals surface area contributed by atoms with Crippen LogP contribution in [0.25, 0.3) is 0 Å². The maximum absolute atomic E-state index is 12.0. The van der Waals surface area contributed by atoms with E-state index >= 15 is 0 Å². The Kier molecular flexibility index (Phi) is 4.89. The summed E-state index contributed by atoms with van der Waals surface area (Å²) < 4.78 is 5.11. The summed E-state index contributed by atoms with van der Waals surface area (Å²) in [4.78, 5) is 12.0. The maximum atomic E-state index is 12.0. The molecular weight excluding hydrogens is 286 g/mol. The van der Waals surface area contributed by atoms with Gasteiger partial charge in [0.1, 0.15) is 0 Å². The molecule has 0 aliphatic heterocycles. The van der Waals surface area contributed by atoms with Crippen molar-refractivity contribution < 1.29 is 9.21 Å². The Labute approximate surface area is 136 Å². The molecule has 3 nitrogen and oxygen atoms in total. The molecule has 1 aromatic heterocycles. The lowest BCUT2D eigenvalue weighted by Gasteiger charge is -2.18. The highest BCUT2D eigenvalue weighted by Gasteiger charge is 2.15. The molecule has 0 saturated heterocycles. The molecule has 1 amide bonds. The van der Waals surface area contributed by atoms with Gasteiger partial charge in [0.2, 0.25) is 0 Å². The zero-order valence-electron chi connectivity index (χ0n) is 12.8. The van der Waals surface area contributed by atoms with Gasteiger partial charge >= 0.3 is 0 Å². The molecule has 0 unspecified atom stereocenters. The van der Waals surface area contributed by atoms with E-state index in [0.29, 0.717) is 12.3 Å². The molecule has 0 radical (unpaired) electrons. The van der Waals surface area contributed by atoms with Gasteiger partial charge in [0.05, 0.1) is 6.26 Å². The number of carbonyl (C=O) groups excluding carboxylic acids is 1. The van der Waals surface area contributed by atoms with E-state index in [1.54, 1.807) is 12.1 Å². The van der Waals surface area contributed by atoms with Crippen molar-refractivity contribution in [2.24, 2.45) is 0 Å². The molecule has 0 fully saturated rings. The fraction of sp³-hybridized carbons (Fsp3) is 0.150. The molecular formula is C20H19NO2. The van der Waals surface area contributed by atoms with E-state index in [1.807, 2.05) is 36.4 Å². The first kappa shape index (κ1) is 15.1. The third-order valence-corrected chi connectivity index (χ3v) is 3.87. The van der Waals surface area contributed by atoms with Crippen molar-refractivity contribution >= 4 is 5.91 Å². The first-order valence-electron chi connectivity index (χ1n) is 7.76. The number of furan rings is 1. The van der Waals surface area contributed by atoms with Crippen LogP contribution in [-0.4, -0.2) is 12.5 Å². The number of carbonyl (C=O) groups is 1. The summed E-state index contributed by atoms with van der Waals surface area (Å²) in [6, 6.07) is 24.1. The molecule has 3 aromatic rings. The Morgan fingerprint density at radius 1 is 0.870 bits per heavy atom. The van der Waals surface area contributed by atoms with Crippen LogP contribution in [0.5, 0.6) is 0 Å². The molecule has 0 spiro atoms. The van der Waals surface area contributed by atoms with Crippen molar-refractivity contribution in [2.45, 2.75) is 12.3 Å². The predicted molar refractivity (Wildman–Crippen MR) is 90.4 cm³/mol. The Morgan fingerprint density at radius 2 is 1.48 bits per heavy atom. The zero-order valence-corrected chi connectivity index (χ0v) is 12.8. The van der Waals surface area contributed by atoms with E-state index in [0.717, 1.165) is 6.42 Å². The van der Waals surface area contributed by atoms with Crippen LogP contribution in [0.1, 0.15) is 34.0 Å². The Morgan fingerprint density at radius 3 is 2.00 bits per heavy atom. The van der Waals surface area contributed by atoms with Gasteiger partial charge in [-0.1, -0.05) is 60.7 Å². The number of benzene rings is 2. The molecule has 0 atom stereocenters. The molecule has 3 heteroatoms.